The Balaban J connectivity index is 2.32. The van der Waals surface area contributed by atoms with Crippen LogP contribution >= 0.6 is 11.6 Å². The summed E-state index contributed by atoms with van der Waals surface area (Å²) in [6, 6.07) is 11.6. The van der Waals surface area contributed by atoms with Crippen molar-refractivity contribution in [3.05, 3.63) is 59.1 Å². The number of hydrogen-bond donors (Lipinski definition) is 2. The molecular weight excluding hydrogens is 414 g/mol. The first kappa shape index (κ1) is 22.7. The molecule has 0 heterocycles. The zero-order chi connectivity index (χ0) is 21.8. The zero-order valence-corrected chi connectivity index (χ0v) is 18.2. The minimum absolute atomic E-state index is 0.0733. The normalized spacial score (nSPS) is 12.3. The summed E-state index contributed by atoms with van der Waals surface area (Å²) in [5.41, 5.74) is 0.900. The number of benzene rings is 2. The summed E-state index contributed by atoms with van der Waals surface area (Å²) < 4.78 is 25.7. The molecule has 2 rings (SSSR count). The maximum atomic E-state index is 12.9. The number of nitrogens with zero attached hydrogens (tertiary/aromatic N) is 1. The third kappa shape index (κ3) is 5.95. The first-order valence-electron chi connectivity index (χ1n) is 8.96. The van der Waals surface area contributed by atoms with Crippen molar-refractivity contribution in [3.63, 3.8) is 0 Å². The number of para-hydroxylation sites is 1. The molecule has 0 unspecified atom stereocenters. The number of sulfonamides is 1. The van der Waals surface area contributed by atoms with E-state index >= 15 is 0 Å². The van der Waals surface area contributed by atoms with E-state index in [1.807, 2.05) is 13.8 Å². The standard InChI is InChI=1S/C20H24ClN3O4S/c1-13(2)22-20(26)17-7-5-6-8-18(17)23-19(25)14(3)24(29(4,27)28)16-11-9-15(21)10-12-16/h5-14H,1-4H3,(H,22,26)(H,23,25)/t14-/m0/s1. The van der Waals surface area contributed by atoms with Crippen molar-refractivity contribution in [2.75, 3.05) is 15.9 Å². The van der Waals surface area contributed by atoms with Crippen LogP contribution in [0.5, 0.6) is 0 Å². The lowest BCUT2D eigenvalue weighted by Crippen LogP contribution is -2.45. The van der Waals surface area contributed by atoms with Gasteiger partial charge in [-0.05, 0) is 57.2 Å². The lowest BCUT2D eigenvalue weighted by atomic mass is 10.1. The van der Waals surface area contributed by atoms with E-state index in [2.05, 4.69) is 10.6 Å². The van der Waals surface area contributed by atoms with Gasteiger partial charge in [-0.15, -0.1) is 0 Å². The molecule has 0 spiro atoms. The number of nitrogens with one attached hydrogen (secondary N) is 2. The molecule has 29 heavy (non-hydrogen) atoms. The molecular formula is C20H24ClN3O4S. The molecule has 7 nitrogen and oxygen atoms in total. The molecule has 2 amide bonds. The molecule has 0 aromatic heterocycles. The fraction of sp³-hybridized carbons (Fsp3) is 0.300. The number of rotatable bonds is 7. The van der Waals surface area contributed by atoms with Gasteiger partial charge in [0.1, 0.15) is 6.04 Å². The molecule has 0 bridgehead atoms. The van der Waals surface area contributed by atoms with Gasteiger partial charge in [0.2, 0.25) is 15.9 Å². The third-order valence-corrected chi connectivity index (χ3v) is 5.51. The van der Waals surface area contributed by atoms with Crippen LogP contribution in [0, 0.1) is 0 Å². The van der Waals surface area contributed by atoms with E-state index in [0.29, 0.717) is 22.0 Å². The van der Waals surface area contributed by atoms with E-state index in [0.717, 1.165) is 10.6 Å². The Labute approximate surface area is 176 Å². The summed E-state index contributed by atoms with van der Waals surface area (Å²) in [5.74, 6) is -0.906. The summed E-state index contributed by atoms with van der Waals surface area (Å²) in [5, 5.41) is 5.89. The van der Waals surface area contributed by atoms with Crippen LogP contribution in [0.4, 0.5) is 11.4 Å². The first-order valence-corrected chi connectivity index (χ1v) is 11.2. The second-order valence-corrected chi connectivity index (χ2v) is 9.17. The Morgan fingerprint density at radius 2 is 1.59 bits per heavy atom. The minimum Gasteiger partial charge on any atom is -0.350 e. The SMILES string of the molecule is CC(C)NC(=O)c1ccccc1NC(=O)[C@H](C)N(c1ccc(Cl)cc1)S(C)(=O)=O. The van der Waals surface area contributed by atoms with Gasteiger partial charge in [-0.2, -0.15) is 0 Å². The van der Waals surface area contributed by atoms with Gasteiger partial charge in [0.15, 0.2) is 0 Å². The third-order valence-electron chi connectivity index (χ3n) is 4.02. The molecule has 0 aliphatic carbocycles. The molecule has 2 aromatic rings. The van der Waals surface area contributed by atoms with E-state index in [9.17, 15) is 18.0 Å². The molecule has 2 N–H and O–H groups in total. The van der Waals surface area contributed by atoms with Crippen molar-refractivity contribution in [1.82, 2.24) is 5.32 Å². The van der Waals surface area contributed by atoms with Gasteiger partial charge in [0, 0.05) is 11.1 Å². The second kappa shape index (κ2) is 9.28. The van der Waals surface area contributed by atoms with Gasteiger partial charge in [-0.3, -0.25) is 13.9 Å². The quantitative estimate of drug-likeness (QED) is 0.694. The minimum atomic E-state index is -3.76. The highest BCUT2D eigenvalue weighted by molar-refractivity contribution is 7.92. The molecule has 0 aliphatic heterocycles. The monoisotopic (exact) mass is 437 g/mol. The maximum absolute atomic E-state index is 12.9. The lowest BCUT2D eigenvalue weighted by molar-refractivity contribution is -0.116. The average Bonchev–Trinajstić information content (AvgIpc) is 2.62. The van der Waals surface area contributed by atoms with Crippen LogP contribution in [0.3, 0.4) is 0 Å². The molecule has 9 heteroatoms. The number of amides is 2. The van der Waals surface area contributed by atoms with E-state index < -0.39 is 22.0 Å². The summed E-state index contributed by atoms with van der Waals surface area (Å²) in [7, 11) is -3.76. The van der Waals surface area contributed by atoms with Crippen LogP contribution in [0.1, 0.15) is 31.1 Å². The van der Waals surface area contributed by atoms with Crippen LogP contribution < -0.4 is 14.9 Å². The van der Waals surface area contributed by atoms with Crippen molar-refractivity contribution in [3.8, 4) is 0 Å². The molecule has 0 saturated carbocycles. The fourth-order valence-electron chi connectivity index (χ4n) is 2.76. The molecule has 1 atom stereocenters. The van der Waals surface area contributed by atoms with Gasteiger partial charge in [-0.25, -0.2) is 8.42 Å². The van der Waals surface area contributed by atoms with Gasteiger partial charge < -0.3 is 10.6 Å². The largest absolute Gasteiger partial charge is 0.350 e. The smallest absolute Gasteiger partial charge is 0.253 e. The van der Waals surface area contributed by atoms with Gasteiger partial charge >= 0.3 is 0 Å². The number of carbonyl (C=O) groups excluding carboxylic acids is 2. The van der Waals surface area contributed by atoms with Crippen molar-refractivity contribution >= 4 is 44.8 Å². The predicted octanol–water partition coefficient (Wildman–Crippen LogP) is 3.27. The van der Waals surface area contributed by atoms with E-state index in [-0.39, 0.29) is 11.9 Å². The summed E-state index contributed by atoms with van der Waals surface area (Å²) in [4.78, 5) is 25.3. The summed E-state index contributed by atoms with van der Waals surface area (Å²) in [6.45, 7) is 5.14. The van der Waals surface area contributed by atoms with Gasteiger partial charge in [0.05, 0.1) is 23.2 Å². The van der Waals surface area contributed by atoms with Crippen LogP contribution in [-0.2, 0) is 14.8 Å². The Hall–Kier alpha value is -2.58. The van der Waals surface area contributed by atoms with Gasteiger partial charge in [0.25, 0.3) is 5.91 Å². The highest BCUT2D eigenvalue weighted by Gasteiger charge is 2.29. The number of halogens is 1. The maximum Gasteiger partial charge on any atom is 0.253 e. The van der Waals surface area contributed by atoms with E-state index in [1.54, 1.807) is 36.4 Å². The zero-order valence-electron chi connectivity index (χ0n) is 16.6. The Morgan fingerprint density at radius 1 is 1.00 bits per heavy atom. The molecule has 0 aliphatic rings. The first-order chi connectivity index (χ1) is 13.5. The summed E-state index contributed by atoms with van der Waals surface area (Å²) in [6.07, 6.45) is 1.02. The van der Waals surface area contributed by atoms with Crippen LogP contribution in [-0.4, -0.2) is 38.6 Å². The number of hydrogen-bond acceptors (Lipinski definition) is 4. The van der Waals surface area contributed by atoms with E-state index in [1.165, 1.54) is 19.1 Å². The number of anilines is 2. The second-order valence-electron chi connectivity index (χ2n) is 6.87. The molecule has 156 valence electrons. The summed E-state index contributed by atoms with van der Waals surface area (Å²) >= 11 is 5.88. The Kier molecular flexibility index (Phi) is 7.26. The molecule has 0 fully saturated rings. The average molecular weight is 438 g/mol. The highest BCUT2D eigenvalue weighted by atomic mass is 35.5. The number of carbonyl (C=O) groups is 2. The van der Waals surface area contributed by atoms with Crippen LogP contribution in [0.15, 0.2) is 48.5 Å². The molecule has 0 radical (unpaired) electrons. The predicted molar refractivity (Wildman–Crippen MR) is 116 cm³/mol. The topological polar surface area (TPSA) is 95.6 Å². The van der Waals surface area contributed by atoms with Crippen molar-refractivity contribution in [1.29, 1.82) is 0 Å². The Morgan fingerprint density at radius 3 is 2.14 bits per heavy atom. The fourth-order valence-corrected chi connectivity index (χ4v) is 4.06. The van der Waals surface area contributed by atoms with Crippen LogP contribution in [0.25, 0.3) is 0 Å². The van der Waals surface area contributed by atoms with Crippen molar-refractivity contribution in [2.45, 2.75) is 32.9 Å². The van der Waals surface area contributed by atoms with Crippen molar-refractivity contribution in [2.24, 2.45) is 0 Å². The van der Waals surface area contributed by atoms with Gasteiger partial charge in [-0.1, -0.05) is 23.7 Å². The van der Waals surface area contributed by atoms with E-state index in [4.69, 9.17) is 11.6 Å². The van der Waals surface area contributed by atoms with Crippen LogP contribution in [0.2, 0.25) is 5.02 Å². The van der Waals surface area contributed by atoms with Crippen molar-refractivity contribution < 1.29 is 18.0 Å². The highest BCUT2D eigenvalue weighted by Crippen LogP contribution is 2.24. The molecule has 2 aromatic carbocycles. The Bertz CT molecular complexity index is 991. The lowest BCUT2D eigenvalue weighted by Gasteiger charge is -2.28. The molecule has 0 saturated heterocycles.